The van der Waals surface area contributed by atoms with Gasteiger partial charge in [-0.2, -0.15) is 0 Å². The fraction of sp³-hybridized carbons (Fsp3) is 0.0597. The van der Waals surface area contributed by atoms with Gasteiger partial charge >= 0.3 is 0 Å². The first-order chi connectivity index (χ1) is 35.5. The van der Waals surface area contributed by atoms with Gasteiger partial charge < -0.3 is 9.30 Å². The highest BCUT2D eigenvalue weighted by atomic mass is 16.5. The minimum atomic E-state index is -0.748. The van der Waals surface area contributed by atoms with Crippen molar-refractivity contribution in [3.63, 3.8) is 0 Å². The van der Waals surface area contributed by atoms with Crippen LogP contribution in [-0.4, -0.2) is 19.5 Å². The Labute approximate surface area is 417 Å². The molecule has 0 saturated heterocycles. The monoisotopic (exact) mass is 920 g/mol. The fourth-order valence-electron chi connectivity index (χ4n) is 12.6. The van der Waals surface area contributed by atoms with E-state index >= 15 is 0 Å². The third kappa shape index (κ3) is 5.62. The number of ether oxygens (including phenoxy) is 1. The maximum absolute atomic E-state index is 6.85. The molecule has 2 aliphatic carbocycles. The third-order valence-corrected chi connectivity index (χ3v) is 15.7. The third-order valence-electron chi connectivity index (χ3n) is 15.7. The Morgan fingerprint density at radius 2 is 0.861 bits per heavy atom. The smallest absolute Gasteiger partial charge is 0.164 e. The lowest BCUT2D eigenvalue weighted by Gasteiger charge is -2.39. The molecule has 0 saturated carbocycles. The van der Waals surface area contributed by atoms with Crippen molar-refractivity contribution in [1.82, 2.24) is 19.5 Å². The second kappa shape index (κ2) is 15.2. The SMILES string of the molecule is CC1(C)c2ccccc2-c2ccc3c4c(-c5ccc6c(c5)C5(c7ccccc7Oc7ccccc75)c5cc(-c7nc(-c8ccccc8)nc(-c8ccccc8)n7)ccc5-6)cccc4n(-c4ccccc4)c3c21. The molecule has 0 radical (unpaired) electrons. The van der Waals surface area contributed by atoms with E-state index in [1.165, 1.54) is 66.3 Å². The van der Waals surface area contributed by atoms with Crippen LogP contribution in [-0.2, 0) is 10.8 Å². The summed E-state index contributed by atoms with van der Waals surface area (Å²) in [7, 11) is 0. The first-order valence-electron chi connectivity index (χ1n) is 24.8. The number of para-hydroxylation sites is 3. The largest absolute Gasteiger partial charge is 0.457 e. The van der Waals surface area contributed by atoms with Gasteiger partial charge in [0.1, 0.15) is 11.5 Å². The number of benzene rings is 10. The predicted molar refractivity (Wildman–Crippen MR) is 291 cm³/mol. The standard InChI is InChI=1S/C67H44N4O/c1-66(2)52-27-13-12-25-47(52)50-37-38-51-60-46(26-18-30-57(60)71(62(51)61(50)66)45-23-10-5-11-24-45)43-33-35-48-49-36-34-44(65-69-63(41-19-6-3-7-20-41)68-64(70-65)42-21-8-4-9-22-42)40-56(49)67(55(48)39-43)53-28-14-16-31-58(53)72-59-32-17-15-29-54(59)67/h3-40H,1-2H3. The van der Waals surface area contributed by atoms with Crippen LogP contribution >= 0.6 is 0 Å². The van der Waals surface area contributed by atoms with Crippen LogP contribution < -0.4 is 4.74 Å². The van der Waals surface area contributed by atoms with Gasteiger partial charge in [-0.25, -0.2) is 15.0 Å². The number of nitrogens with zero attached hydrogens (tertiary/aromatic N) is 4. The fourth-order valence-corrected chi connectivity index (χ4v) is 12.6. The maximum atomic E-state index is 6.85. The van der Waals surface area contributed by atoms with Gasteiger partial charge in [-0.3, -0.25) is 0 Å². The molecule has 1 aliphatic heterocycles. The molecule has 72 heavy (non-hydrogen) atoms. The van der Waals surface area contributed by atoms with E-state index in [1.807, 2.05) is 36.4 Å². The lowest BCUT2D eigenvalue weighted by molar-refractivity contribution is 0.436. The van der Waals surface area contributed by atoms with Crippen molar-refractivity contribution in [2.24, 2.45) is 0 Å². The van der Waals surface area contributed by atoms with Gasteiger partial charge in [0.2, 0.25) is 0 Å². The zero-order valence-electron chi connectivity index (χ0n) is 39.6. The lowest BCUT2D eigenvalue weighted by Crippen LogP contribution is -2.32. The van der Waals surface area contributed by atoms with Crippen LogP contribution in [0.5, 0.6) is 11.5 Å². The number of aromatic nitrogens is 4. The topological polar surface area (TPSA) is 52.8 Å². The zero-order valence-corrected chi connectivity index (χ0v) is 39.6. The van der Waals surface area contributed by atoms with Crippen molar-refractivity contribution in [3.8, 4) is 84.7 Å². The molecular weight excluding hydrogens is 877 g/mol. The molecule has 1 spiro atoms. The Bertz CT molecular complexity index is 4110. The summed E-state index contributed by atoms with van der Waals surface area (Å²) in [4.78, 5) is 15.5. The molecule has 3 heterocycles. The van der Waals surface area contributed by atoms with Gasteiger partial charge in [0.05, 0.1) is 16.4 Å². The van der Waals surface area contributed by atoms with E-state index in [0.717, 1.165) is 56.1 Å². The quantitative estimate of drug-likeness (QED) is 0.173. The summed E-state index contributed by atoms with van der Waals surface area (Å²) in [6.45, 7) is 4.78. The molecule has 0 atom stereocenters. The molecule has 5 nitrogen and oxygen atoms in total. The molecule has 0 amide bonds. The zero-order chi connectivity index (χ0) is 47.7. The molecule has 0 fully saturated rings. The number of fused-ring (bicyclic) bond motifs is 16. The van der Waals surface area contributed by atoms with E-state index in [0.29, 0.717) is 17.5 Å². The summed E-state index contributed by atoms with van der Waals surface area (Å²) >= 11 is 0. The molecule has 2 aromatic heterocycles. The maximum Gasteiger partial charge on any atom is 0.164 e. The Morgan fingerprint density at radius 1 is 0.375 bits per heavy atom. The van der Waals surface area contributed by atoms with Crippen molar-refractivity contribution in [2.45, 2.75) is 24.7 Å². The van der Waals surface area contributed by atoms with E-state index in [9.17, 15) is 0 Å². The van der Waals surface area contributed by atoms with Crippen LogP contribution in [0, 0.1) is 0 Å². The van der Waals surface area contributed by atoms with E-state index in [4.69, 9.17) is 19.7 Å². The van der Waals surface area contributed by atoms with Crippen molar-refractivity contribution < 1.29 is 4.74 Å². The highest BCUT2D eigenvalue weighted by Crippen LogP contribution is 2.63. The van der Waals surface area contributed by atoms with Gasteiger partial charge in [-0.15, -0.1) is 0 Å². The molecule has 12 aromatic rings. The van der Waals surface area contributed by atoms with E-state index in [-0.39, 0.29) is 5.41 Å². The van der Waals surface area contributed by atoms with Gasteiger partial charge in [0.25, 0.3) is 0 Å². The molecule has 0 N–H and O–H groups in total. The number of hydrogen-bond acceptors (Lipinski definition) is 4. The van der Waals surface area contributed by atoms with Crippen LogP contribution in [0.3, 0.4) is 0 Å². The molecule has 0 bridgehead atoms. The number of hydrogen-bond donors (Lipinski definition) is 0. The Balaban J connectivity index is 0.993. The van der Waals surface area contributed by atoms with E-state index in [2.05, 4.69) is 213 Å². The molecule has 0 unspecified atom stereocenters. The highest BCUT2D eigenvalue weighted by Gasteiger charge is 2.51. The van der Waals surface area contributed by atoms with Crippen molar-refractivity contribution >= 4 is 21.8 Å². The predicted octanol–water partition coefficient (Wildman–Crippen LogP) is 16.4. The lowest BCUT2D eigenvalue weighted by atomic mass is 9.65. The van der Waals surface area contributed by atoms with Crippen LogP contribution in [0.25, 0.3) is 95.0 Å². The second-order valence-electron chi connectivity index (χ2n) is 19.8. The molecule has 10 aromatic carbocycles. The van der Waals surface area contributed by atoms with Crippen molar-refractivity contribution in [3.05, 3.63) is 264 Å². The first-order valence-corrected chi connectivity index (χ1v) is 24.8. The summed E-state index contributed by atoms with van der Waals surface area (Å²) in [6, 6.07) is 83.0. The number of rotatable bonds is 5. The summed E-state index contributed by atoms with van der Waals surface area (Å²) in [5, 5.41) is 2.49. The van der Waals surface area contributed by atoms with Gasteiger partial charge in [0, 0.05) is 49.7 Å². The Kier molecular flexibility index (Phi) is 8.56. The Morgan fingerprint density at radius 3 is 1.50 bits per heavy atom. The Hall–Kier alpha value is -9.19. The van der Waals surface area contributed by atoms with Crippen LogP contribution in [0.4, 0.5) is 0 Å². The minimum Gasteiger partial charge on any atom is -0.457 e. The normalized spacial score (nSPS) is 14.0. The summed E-state index contributed by atoms with van der Waals surface area (Å²) in [6.07, 6.45) is 0. The van der Waals surface area contributed by atoms with Gasteiger partial charge in [0.15, 0.2) is 17.5 Å². The van der Waals surface area contributed by atoms with E-state index in [1.54, 1.807) is 0 Å². The summed E-state index contributed by atoms with van der Waals surface area (Å²) in [5.41, 5.74) is 20.0. The highest BCUT2D eigenvalue weighted by molar-refractivity contribution is 6.18. The molecule has 15 rings (SSSR count). The minimum absolute atomic E-state index is 0.214. The van der Waals surface area contributed by atoms with Crippen molar-refractivity contribution in [1.29, 1.82) is 0 Å². The molecule has 5 heteroatoms. The molecular formula is C67H44N4O. The second-order valence-corrected chi connectivity index (χ2v) is 19.8. The van der Waals surface area contributed by atoms with Gasteiger partial charge in [-0.1, -0.05) is 202 Å². The average molecular weight is 921 g/mol. The molecule has 3 aliphatic rings. The van der Waals surface area contributed by atoms with Crippen LogP contribution in [0.15, 0.2) is 231 Å². The van der Waals surface area contributed by atoms with Gasteiger partial charge in [-0.05, 0) is 98.1 Å². The summed E-state index contributed by atoms with van der Waals surface area (Å²) < 4.78 is 9.36. The van der Waals surface area contributed by atoms with Crippen LogP contribution in [0.1, 0.15) is 47.2 Å². The van der Waals surface area contributed by atoms with Crippen molar-refractivity contribution in [2.75, 3.05) is 0 Å². The van der Waals surface area contributed by atoms with E-state index < -0.39 is 5.41 Å². The molecule has 338 valence electrons. The summed E-state index contributed by atoms with van der Waals surface area (Å²) in [5.74, 6) is 3.56. The first kappa shape index (κ1) is 40.7. The van der Waals surface area contributed by atoms with Crippen LogP contribution in [0.2, 0.25) is 0 Å². The average Bonchev–Trinajstić information content (AvgIpc) is 4.02.